The maximum Gasteiger partial charge on any atom is 0.254 e. The molecular weight excluding hydrogens is 408 g/mol. The summed E-state index contributed by atoms with van der Waals surface area (Å²) in [7, 11) is 0. The number of amides is 1. The number of carbonyl (C=O) groups is 1. The van der Waals surface area contributed by atoms with Gasteiger partial charge in [-0.1, -0.05) is 48.5 Å². The Bertz CT molecular complexity index is 1320. The molecule has 1 amide bonds. The molecule has 5 heteroatoms. The third-order valence-corrected chi connectivity index (χ3v) is 6.55. The molecule has 0 radical (unpaired) electrons. The zero-order chi connectivity index (χ0) is 22.9. The number of carbonyl (C=O) groups excluding carboxylic acids is 1. The zero-order valence-corrected chi connectivity index (χ0v) is 19.4. The van der Waals surface area contributed by atoms with Gasteiger partial charge in [-0.05, 0) is 55.7 Å². The average molecular weight is 437 g/mol. The summed E-state index contributed by atoms with van der Waals surface area (Å²) in [5.74, 6) is 0.992. The summed E-state index contributed by atoms with van der Waals surface area (Å²) in [6, 6.07) is 22.3. The van der Waals surface area contributed by atoms with Crippen LogP contribution < -0.4 is 4.90 Å². The second kappa shape index (κ2) is 8.66. The van der Waals surface area contributed by atoms with Crippen LogP contribution in [0.25, 0.3) is 22.3 Å². The van der Waals surface area contributed by atoms with Gasteiger partial charge in [0.2, 0.25) is 0 Å². The number of nitrogens with zero attached hydrogens (tertiary/aromatic N) is 4. The molecule has 4 aromatic rings. The third kappa shape index (κ3) is 4.07. The van der Waals surface area contributed by atoms with Gasteiger partial charge in [-0.2, -0.15) is 0 Å². The van der Waals surface area contributed by atoms with E-state index in [2.05, 4.69) is 43.0 Å². The van der Waals surface area contributed by atoms with Gasteiger partial charge in [0.1, 0.15) is 5.69 Å². The molecule has 1 aliphatic heterocycles. The summed E-state index contributed by atoms with van der Waals surface area (Å²) in [6.45, 7) is 8.98. The predicted molar refractivity (Wildman–Crippen MR) is 134 cm³/mol. The molecule has 0 aliphatic carbocycles. The first-order chi connectivity index (χ1) is 16.0. The number of fused-ring (bicyclic) bond motifs is 1. The molecular formula is C28H28N4O. The van der Waals surface area contributed by atoms with Crippen LogP contribution in [0.15, 0.2) is 66.7 Å². The van der Waals surface area contributed by atoms with Gasteiger partial charge < -0.3 is 9.80 Å². The molecule has 33 heavy (non-hydrogen) atoms. The van der Waals surface area contributed by atoms with E-state index in [4.69, 9.17) is 9.97 Å². The van der Waals surface area contributed by atoms with E-state index in [1.807, 2.05) is 54.3 Å². The first-order valence-corrected chi connectivity index (χ1v) is 11.5. The molecule has 2 heterocycles. The Hall–Kier alpha value is -3.73. The minimum Gasteiger partial charge on any atom is -0.351 e. The minimum absolute atomic E-state index is 0.103. The molecule has 3 aromatic carbocycles. The second-order valence-electron chi connectivity index (χ2n) is 8.78. The van der Waals surface area contributed by atoms with Crippen molar-refractivity contribution < 1.29 is 4.79 Å². The number of aryl methyl sites for hydroxylation is 3. The number of aromatic nitrogens is 2. The van der Waals surface area contributed by atoms with E-state index < -0.39 is 0 Å². The first kappa shape index (κ1) is 21.1. The molecule has 5 rings (SSSR count). The van der Waals surface area contributed by atoms with E-state index in [1.165, 1.54) is 11.1 Å². The predicted octanol–water partition coefficient (Wildman–Crippen LogP) is 5.18. The number of rotatable bonds is 3. The highest BCUT2D eigenvalue weighted by molar-refractivity contribution is 5.95. The van der Waals surface area contributed by atoms with Gasteiger partial charge in [0, 0.05) is 37.3 Å². The Kier molecular flexibility index (Phi) is 5.55. The Morgan fingerprint density at radius 3 is 2.00 bits per heavy atom. The van der Waals surface area contributed by atoms with Gasteiger partial charge in [-0.3, -0.25) is 4.79 Å². The Labute approximate surface area is 194 Å². The van der Waals surface area contributed by atoms with E-state index in [1.54, 1.807) is 0 Å². The Morgan fingerprint density at radius 2 is 1.33 bits per heavy atom. The fraction of sp³-hybridized carbons (Fsp3) is 0.250. The van der Waals surface area contributed by atoms with Crippen LogP contribution in [0.3, 0.4) is 0 Å². The second-order valence-corrected chi connectivity index (χ2v) is 8.78. The summed E-state index contributed by atoms with van der Waals surface area (Å²) in [4.78, 5) is 27.4. The summed E-state index contributed by atoms with van der Waals surface area (Å²) in [6.07, 6.45) is 0. The lowest BCUT2D eigenvalue weighted by atomic mass is 10.1. The van der Waals surface area contributed by atoms with Crippen molar-refractivity contribution in [1.82, 2.24) is 14.9 Å². The summed E-state index contributed by atoms with van der Waals surface area (Å²) in [5.41, 5.74) is 7.99. The molecule has 0 atom stereocenters. The SMILES string of the molecule is Cc1cc2nc(-c3ccccc3)c(N3CCN(C(=O)c4ccccc4C)CC3)nc2cc1C. The van der Waals surface area contributed by atoms with Crippen LogP contribution in [-0.4, -0.2) is 47.0 Å². The van der Waals surface area contributed by atoms with Crippen LogP contribution in [-0.2, 0) is 0 Å². The van der Waals surface area contributed by atoms with Crippen molar-refractivity contribution in [2.75, 3.05) is 31.1 Å². The van der Waals surface area contributed by atoms with Crippen LogP contribution >= 0.6 is 0 Å². The lowest BCUT2D eigenvalue weighted by molar-refractivity contribution is 0.0746. The molecule has 1 aliphatic rings. The van der Waals surface area contributed by atoms with Gasteiger partial charge in [-0.25, -0.2) is 9.97 Å². The maximum absolute atomic E-state index is 13.1. The van der Waals surface area contributed by atoms with E-state index in [0.717, 1.165) is 52.3 Å². The lowest BCUT2D eigenvalue weighted by Crippen LogP contribution is -2.49. The molecule has 0 spiro atoms. The van der Waals surface area contributed by atoms with Gasteiger partial charge in [-0.15, -0.1) is 0 Å². The fourth-order valence-electron chi connectivity index (χ4n) is 4.42. The monoisotopic (exact) mass is 436 g/mol. The maximum atomic E-state index is 13.1. The van der Waals surface area contributed by atoms with Crippen LogP contribution in [0.5, 0.6) is 0 Å². The summed E-state index contributed by atoms with van der Waals surface area (Å²) in [5, 5.41) is 0. The normalized spacial score (nSPS) is 14.0. The van der Waals surface area contributed by atoms with Crippen molar-refractivity contribution in [2.24, 2.45) is 0 Å². The third-order valence-electron chi connectivity index (χ3n) is 6.55. The molecule has 5 nitrogen and oxygen atoms in total. The number of benzene rings is 3. The number of anilines is 1. The Balaban J connectivity index is 1.47. The standard InChI is InChI=1S/C28H28N4O/c1-19-9-7-8-12-23(19)28(33)32-15-13-31(14-16-32)27-26(22-10-5-4-6-11-22)29-24-17-20(2)21(3)18-25(24)30-27/h4-12,17-18H,13-16H2,1-3H3. The van der Waals surface area contributed by atoms with Crippen molar-refractivity contribution in [3.63, 3.8) is 0 Å². The molecule has 0 N–H and O–H groups in total. The highest BCUT2D eigenvalue weighted by Gasteiger charge is 2.26. The van der Waals surface area contributed by atoms with Crippen LogP contribution in [0.1, 0.15) is 27.0 Å². The van der Waals surface area contributed by atoms with Crippen molar-refractivity contribution in [3.05, 3.63) is 89.0 Å². The van der Waals surface area contributed by atoms with Gasteiger partial charge >= 0.3 is 0 Å². The first-order valence-electron chi connectivity index (χ1n) is 11.5. The number of hydrogen-bond acceptors (Lipinski definition) is 4. The quantitative estimate of drug-likeness (QED) is 0.444. The van der Waals surface area contributed by atoms with Crippen molar-refractivity contribution >= 4 is 22.8 Å². The van der Waals surface area contributed by atoms with Crippen LogP contribution in [0.2, 0.25) is 0 Å². The highest BCUT2D eigenvalue weighted by atomic mass is 16.2. The molecule has 0 bridgehead atoms. The largest absolute Gasteiger partial charge is 0.351 e. The Morgan fingerprint density at radius 1 is 0.727 bits per heavy atom. The van der Waals surface area contributed by atoms with E-state index in [0.29, 0.717) is 13.1 Å². The molecule has 1 aromatic heterocycles. The minimum atomic E-state index is 0.103. The van der Waals surface area contributed by atoms with Crippen molar-refractivity contribution in [2.45, 2.75) is 20.8 Å². The van der Waals surface area contributed by atoms with Crippen LogP contribution in [0, 0.1) is 20.8 Å². The fourth-order valence-corrected chi connectivity index (χ4v) is 4.42. The lowest BCUT2D eigenvalue weighted by Gasteiger charge is -2.36. The van der Waals surface area contributed by atoms with E-state index in [-0.39, 0.29) is 5.91 Å². The average Bonchev–Trinajstić information content (AvgIpc) is 2.85. The number of piperazine rings is 1. The topological polar surface area (TPSA) is 49.3 Å². The van der Waals surface area contributed by atoms with E-state index >= 15 is 0 Å². The molecule has 1 fully saturated rings. The molecule has 0 unspecified atom stereocenters. The molecule has 0 saturated carbocycles. The summed E-state index contributed by atoms with van der Waals surface area (Å²) < 4.78 is 0. The molecule has 1 saturated heterocycles. The smallest absolute Gasteiger partial charge is 0.254 e. The van der Waals surface area contributed by atoms with Crippen molar-refractivity contribution in [3.8, 4) is 11.3 Å². The van der Waals surface area contributed by atoms with Crippen LogP contribution in [0.4, 0.5) is 5.82 Å². The van der Waals surface area contributed by atoms with E-state index in [9.17, 15) is 4.79 Å². The zero-order valence-electron chi connectivity index (χ0n) is 19.4. The van der Waals surface area contributed by atoms with Gasteiger partial charge in [0.15, 0.2) is 5.82 Å². The van der Waals surface area contributed by atoms with Gasteiger partial charge in [0.05, 0.1) is 11.0 Å². The van der Waals surface area contributed by atoms with Gasteiger partial charge in [0.25, 0.3) is 5.91 Å². The molecule has 166 valence electrons. The summed E-state index contributed by atoms with van der Waals surface area (Å²) >= 11 is 0. The highest BCUT2D eigenvalue weighted by Crippen LogP contribution is 2.31. The van der Waals surface area contributed by atoms with Crippen molar-refractivity contribution in [1.29, 1.82) is 0 Å². The number of hydrogen-bond donors (Lipinski definition) is 0.